The first-order valence-electron chi connectivity index (χ1n) is 8.42. The first-order valence-corrected chi connectivity index (χ1v) is 8.42. The van der Waals surface area contributed by atoms with Gasteiger partial charge in [0, 0.05) is 25.4 Å². The van der Waals surface area contributed by atoms with Gasteiger partial charge in [0.1, 0.15) is 0 Å². The number of carboxylic acids is 1. The highest BCUT2D eigenvalue weighted by Crippen LogP contribution is 2.49. The molecule has 1 aliphatic heterocycles. The molecule has 0 spiro atoms. The third kappa shape index (κ3) is 3.57. The Labute approximate surface area is 139 Å². The van der Waals surface area contributed by atoms with Crippen LogP contribution in [0.3, 0.4) is 0 Å². The van der Waals surface area contributed by atoms with Crippen LogP contribution in [-0.2, 0) is 9.59 Å². The Bertz CT molecular complexity index is 649. The third-order valence-corrected chi connectivity index (χ3v) is 5.09. The number of piperidine rings is 1. The fourth-order valence-corrected chi connectivity index (χ4v) is 3.68. The first kappa shape index (κ1) is 16.9. The van der Waals surface area contributed by atoms with Crippen LogP contribution in [0.2, 0.25) is 0 Å². The molecule has 24 heavy (non-hydrogen) atoms. The number of benzene rings is 1. The lowest BCUT2D eigenvalue weighted by molar-refractivity contribution is -0.137. The smallest absolute Gasteiger partial charge is 0.303 e. The van der Waals surface area contributed by atoms with Crippen LogP contribution in [0.1, 0.15) is 43.6 Å². The first-order chi connectivity index (χ1) is 11.5. The molecule has 0 bridgehead atoms. The predicted octanol–water partition coefficient (Wildman–Crippen LogP) is 3.17. The quantitative estimate of drug-likeness (QED) is 0.898. The Kier molecular flexibility index (Phi) is 4.83. The third-order valence-electron chi connectivity index (χ3n) is 5.09. The minimum atomic E-state index is -0.877. The van der Waals surface area contributed by atoms with Crippen molar-refractivity contribution >= 4 is 11.9 Å². The fraction of sp³-hybridized carbons (Fsp3) is 0.556. The maximum absolute atomic E-state index is 13.9. The molecule has 1 aromatic rings. The molecule has 3 atom stereocenters. The van der Waals surface area contributed by atoms with Crippen molar-refractivity contribution in [3.63, 3.8) is 0 Å². The monoisotopic (exact) mass is 337 g/mol. The number of carbonyl (C=O) groups excluding carboxylic acids is 1. The number of nitrogens with zero attached hydrogens (tertiary/aromatic N) is 1. The van der Waals surface area contributed by atoms with Crippen molar-refractivity contribution in [3.05, 3.63) is 35.4 Å². The van der Waals surface area contributed by atoms with E-state index in [9.17, 15) is 18.4 Å². The number of rotatable bonds is 5. The number of likely N-dealkylation sites (tertiary alicyclic amines) is 1. The van der Waals surface area contributed by atoms with Gasteiger partial charge in [-0.15, -0.1) is 0 Å². The zero-order valence-electron chi connectivity index (χ0n) is 13.4. The minimum Gasteiger partial charge on any atom is -0.481 e. The number of amides is 1. The second-order valence-corrected chi connectivity index (χ2v) is 6.82. The lowest BCUT2D eigenvalue weighted by atomic mass is 9.93. The largest absolute Gasteiger partial charge is 0.481 e. The molecule has 6 heteroatoms. The van der Waals surface area contributed by atoms with Crippen LogP contribution in [0.15, 0.2) is 18.2 Å². The second-order valence-electron chi connectivity index (χ2n) is 6.82. The van der Waals surface area contributed by atoms with Crippen molar-refractivity contribution in [3.8, 4) is 0 Å². The van der Waals surface area contributed by atoms with E-state index in [-0.39, 0.29) is 35.6 Å². The van der Waals surface area contributed by atoms with Gasteiger partial charge < -0.3 is 10.0 Å². The molecule has 0 radical (unpaired) electrons. The van der Waals surface area contributed by atoms with Gasteiger partial charge in [-0.05, 0) is 49.1 Å². The number of hydrogen-bond acceptors (Lipinski definition) is 2. The summed E-state index contributed by atoms with van der Waals surface area (Å²) >= 11 is 0. The number of hydrogen-bond donors (Lipinski definition) is 1. The van der Waals surface area contributed by atoms with E-state index in [1.165, 1.54) is 6.07 Å². The summed E-state index contributed by atoms with van der Waals surface area (Å²) in [7, 11) is 0. The zero-order chi connectivity index (χ0) is 17.3. The van der Waals surface area contributed by atoms with Gasteiger partial charge in [0.2, 0.25) is 5.91 Å². The van der Waals surface area contributed by atoms with Crippen LogP contribution in [0.4, 0.5) is 8.78 Å². The molecule has 2 fully saturated rings. The molecule has 1 aliphatic carbocycles. The van der Waals surface area contributed by atoms with E-state index in [0.717, 1.165) is 18.9 Å². The molecule has 1 heterocycles. The molecular formula is C18H21F2NO3. The molecule has 0 aromatic heterocycles. The van der Waals surface area contributed by atoms with Crippen LogP contribution >= 0.6 is 0 Å². The summed E-state index contributed by atoms with van der Waals surface area (Å²) in [5.41, 5.74) is 0.285. The Morgan fingerprint density at radius 3 is 2.83 bits per heavy atom. The summed E-state index contributed by atoms with van der Waals surface area (Å²) in [4.78, 5) is 25.1. The molecular weight excluding hydrogens is 316 g/mol. The normalized spacial score (nSPS) is 26.2. The summed E-state index contributed by atoms with van der Waals surface area (Å²) in [6, 6.07) is 4.09. The molecule has 1 aromatic carbocycles. The van der Waals surface area contributed by atoms with Crippen LogP contribution in [-0.4, -0.2) is 35.0 Å². The Morgan fingerprint density at radius 1 is 1.29 bits per heavy atom. The number of carbonyl (C=O) groups is 2. The Hall–Kier alpha value is -1.98. The van der Waals surface area contributed by atoms with E-state index in [1.54, 1.807) is 11.0 Å². The standard InChI is InChI=1S/C18H21F2NO3/c19-15-5-1-4-12(17(15)20)13-9-14(13)18(24)21-8-2-3-11(10-21)6-7-16(22)23/h1,4-5,11,13-14H,2-3,6-10H2,(H,22,23). The maximum atomic E-state index is 13.9. The van der Waals surface area contributed by atoms with Gasteiger partial charge in [0.15, 0.2) is 11.6 Å². The molecule has 3 unspecified atom stereocenters. The highest BCUT2D eigenvalue weighted by molar-refractivity contribution is 5.83. The van der Waals surface area contributed by atoms with Gasteiger partial charge in [0.25, 0.3) is 0 Å². The highest BCUT2D eigenvalue weighted by Gasteiger charge is 2.47. The molecule has 1 saturated carbocycles. The maximum Gasteiger partial charge on any atom is 0.303 e. The molecule has 2 aliphatic rings. The highest BCUT2D eigenvalue weighted by atomic mass is 19.2. The second kappa shape index (κ2) is 6.87. The number of halogens is 2. The van der Waals surface area contributed by atoms with Crippen molar-refractivity contribution in [2.45, 2.75) is 38.0 Å². The summed E-state index contributed by atoms with van der Waals surface area (Å²) in [6.07, 6.45) is 3.04. The molecule has 1 saturated heterocycles. The van der Waals surface area contributed by atoms with Crippen molar-refractivity contribution in [1.29, 1.82) is 0 Å². The molecule has 130 valence electrons. The van der Waals surface area contributed by atoms with Crippen LogP contribution in [0, 0.1) is 23.5 Å². The molecule has 1 amide bonds. The van der Waals surface area contributed by atoms with Gasteiger partial charge in [-0.2, -0.15) is 0 Å². The van der Waals surface area contributed by atoms with Gasteiger partial charge in [0.05, 0.1) is 0 Å². The molecule has 3 rings (SSSR count). The fourth-order valence-electron chi connectivity index (χ4n) is 3.68. The number of aliphatic carboxylic acids is 1. The van der Waals surface area contributed by atoms with Crippen molar-refractivity contribution in [2.24, 2.45) is 11.8 Å². The topological polar surface area (TPSA) is 57.6 Å². The van der Waals surface area contributed by atoms with Gasteiger partial charge in [-0.25, -0.2) is 8.78 Å². The number of carboxylic acid groups (broad SMARTS) is 1. The van der Waals surface area contributed by atoms with Crippen molar-refractivity contribution in [1.82, 2.24) is 4.90 Å². The predicted molar refractivity (Wildman–Crippen MR) is 83.4 cm³/mol. The summed E-state index contributed by atoms with van der Waals surface area (Å²) in [6.45, 7) is 1.23. The van der Waals surface area contributed by atoms with E-state index in [2.05, 4.69) is 0 Å². The average Bonchev–Trinajstić information content (AvgIpc) is 3.35. The molecule has 1 N–H and O–H groups in total. The Balaban J connectivity index is 1.59. The minimum absolute atomic E-state index is 0.0105. The lowest BCUT2D eigenvalue weighted by Crippen LogP contribution is -2.41. The van der Waals surface area contributed by atoms with Crippen molar-refractivity contribution in [2.75, 3.05) is 13.1 Å². The van der Waals surface area contributed by atoms with E-state index in [4.69, 9.17) is 5.11 Å². The zero-order valence-corrected chi connectivity index (χ0v) is 13.4. The summed E-state index contributed by atoms with van der Waals surface area (Å²) in [5, 5.41) is 8.78. The average molecular weight is 337 g/mol. The van der Waals surface area contributed by atoms with Gasteiger partial charge >= 0.3 is 5.97 Å². The van der Waals surface area contributed by atoms with Gasteiger partial charge in [-0.1, -0.05) is 12.1 Å². The van der Waals surface area contributed by atoms with Crippen LogP contribution < -0.4 is 0 Å². The van der Waals surface area contributed by atoms with Crippen LogP contribution in [0.5, 0.6) is 0 Å². The van der Waals surface area contributed by atoms with E-state index >= 15 is 0 Å². The summed E-state index contributed by atoms with van der Waals surface area (Å²) < 4.78 is 27.2. The Morgan fingerprint density at radius 2 is 2.08 bits per heavy atom. The summed E-state index contributed by atoms with van der Waals surface area (Å²) in [5.74, 6) is -2.87. The van der Waals surface area contributed by atoms with Crippen molar-refractivity contribution < 1.29 is 23.5 Å². The van der Waals surface area contributed by atoms with E-state index < -0.39 is 17.6 Å². The van der Waals surface area contributed by atoms with E-state index in [1.807, 2.05) is 0 Å². The lowest BCUT2D eigenvalue weighted by Gasteiger charge is -2.33. The van der Waals surface area contributed by atoms with Crippen LogP contribution in [0.25, 0.3) is 0 Å². The van der Waals surface area contributed by atoms with Gasteiger partial charge in [-0.3, -0.25) is 9.59 Å². The SMILES string of the molecule is O=C(O)CCC1CCCN(C(=O)C2CC2c2cccc(F)c2F)C1. The molecule has 4 nitrogen and oxygen atoms in total. The van der Waals surface area contributed by atoms with E-state index in [0.29, 0.717) is 25.9 Å².